The molecule has 0 aliphatic rings. The van der Waals surface area contributed by atoms with Crippen LogP contribution in [0.5, 0.6) is 0 Å². The van der Waals surface area contributed by atoms with Gasteiger partial charge in [0.1, 0.15) is 0 Å². The van der Waals surface area contributed by atoms with E-state index >= 15 is 0 Å². The van der Waals surface area contributed by atoms with E-state index in [1.54, 1.807) is 0 Å². The summed E-state index contributed by atoms with van der Waals surface area (Å²) in [5.41, 5.74) is 1.18. The summed E-state index contributed by atoms with van der Waals surface area (Å²) in [6.07, 6.45) is 17.9. The fraction of sp³-hybridized carbons (Fsp3) is 0.848. The van der Waals surface area contributed by atoms with Crippen LogP contribution in [-0.4, -0.2) is 87.9 Å². The van der Waals surface area contributed by atoms with Crippen molar-refractivity contribution in [2.45, 2.75) is 221 Å². The van der Waals surface area contributed by atoms with Crippen LogP contribution in [0.15, 0.2) is 34.0 Å². The topological polar surface area (TPSA) is 63.2 Å². The van der Waals surface area contributed by atoms with E-state index in [0.29, 0.717) is 13.0 Å². The Bertz CT molecular complexity index is 1160. The van der Waals surface area contributed by atoms with Crippen LogP contribution in [0.4, 0.5) is 0 Å². The molecule has 330 valence electrons. The minimum atomic E-state index is -2.50. The molecular formula is C46H94O6Si3Sn. The first-order valence-electron chi connectivity index (χ1n) is 22.4. The van der Waals surface area contributed by atoms with E-state index in [0.717, 1.165) is 12.5 Å². The van der Waals surface area contributed by atoms with Gasteiger partial charge in [0.25, 0.3) is 0 Å². The predicted octanol–water partition coefficient (Wildman–Crippen LogP) is 14.5. The molecule has 0 N–H and O–H groups in total. The number of rotatable bonds is 29. The summed E-state index contributed by atoms with van der Waals surface area (Å²) in [7, 11) is -3.99. The number of carbonyl (C=O) groups excluding carboxylic acids is 1. The first-order valence-corrected chi connectivity index (χ1v) is 39.6. The number of hydrogen-bond donors (Lipinski definition) is 0. The second kappa shape index (κ2) is 26.3. The molecule has 0 bridgehead atoms. The van der Waals surface area contributed by atoms with Gasteiger partial charge in [0.05, 0.1) is 7.11 Å². The molecule has 56 heavy (non-hydrogen) atoms. The third-order valence-electron chi connectivity index (χ3n) is 12.5. The molecule has 0 aromatic rings. The van der Waals surface area contributed by atoms with Gasteiger partial charge in [0.15, 0.2) is 8.32 Å². The van der Waals surface area contributed by atoms with E-state index in [9.17, 15) is 4.79 Å². The SMILES string of the molecule is CCC[CH2][Sn](/[CH]=C/[C@H](C/C=C(C)/C=C/[C@H](C[C@@H](O[Si](C)(C)C(C)(C)C)[C@@H](C)C(=O)OC)OCOCC[Si](C)(C)C)O[Si](C)(C)C(C)(C)C)([CH2]CCC)[CH2]CCC. The quantitative estimate of drug-likeness (QED) is 0.0245. The van der Waals surface area contributed by atoms with Crippen molar-refractivity contribution in [1.29, 1.82) is 0 Å². The van der Waals surface area contributed by atoms with Crippen molar-refractivity contribution in [1.82, 2.24) is 0 Å². The molecule has 0 saturated heterocycles. The van der Waals surface area contributed by atoms with Gasteiger partial charge >= 0.3 is 247 Å². The van der Waals surface area contributed by atoms with Gasteiger partial charge in [-0.1, -0.05) is 40.4 Å². The van der Waals surface area contributed by atoms with Crippen LogP contribution in [-0.2, 0) is 27.9 Å². The number of unbranched alkanes of at least 4 members (excludes halogenated alkanes) is 3. The Morgan fingerprint density at radius 1 is 0.750 bits per heavy atom. The maximum atomic E-state index is 12.9. The molecule has 0 amide bonds. The Kier molecular flexibility index (Phi) is 26.3. The Labute approximate surface area is 356 Å². The Morgan fingerprint density at radius 2 is 1.25 bits per heavy atom. The molecule has 4 atom stereocenters. The fourth-order valence-corrected chi connectivity index (χ4v) is 24.0. The van der Waals surface area contributed by atoms with Crippen molar-refractivity contribution in [2.24, 2.45) is 5.92 Å². The van der Waals surface area contributed by atoms with E-state index in [-0.39, 0.29) is 41.2 Å². The monoisotopic (exact) mass is 947 g/mol. The standard InChI is InChI=1S/C34H67O6Si3.3C4H9.Sn/c1-18-29(39-42(14,15)33(4,5)6)21-19-27(2)20-22-30(38-26-37-23-24-41(11,12)13)25-31(28(3)32(35)36-10)40-43(16,17)34(7,8)9;3*1-3-4-2;/h1,18-20,22,28-31H,21,23-26H2,2-17H3;3*1,3-4H2,2H3;/b18-1?,22-20+,27-19+;;;;/t28-,29-,30-,31-;;;;/m1..../s1. The molecule has 0 spiro atoms. The van der Waals surface area contributed by atoms with Gasteiger partial charge in [-0.3, -0.25) is 4.79 Å². The van der Waals surface area contributed by atoms with Crippen LogP contribution >= 0.6 is 0 Å². The van der Waals surface area contributed by atoms with E-state index < -0.39 is 49.0 Å². The summed E-state index contributed by atoms with van der Waals surface area (Å²) in [5, 5.41) is 0.131. The zero-order chi connectivity index (χ0) is 43.4. The van der Waals surface area contributed by atoms with E-state index in [2.05, 4.69) is 143 Å². The number of carbonyl (C=O) groups is 1. The molecule has 0 heterocycles. The van der Waals surface area contributed by atoms with E-state index in [4.69, 9.17) is 23.1 Å². The molecule has 0 radical (unpaired) electrons. The third-order valence-corrected chi connectivity index (χ3v) is 37.3. The molecular weight excluding hydrogens is 851 g/mol. The van der Waals surface area contributed by atoms with E-state index in [1.807, 2.05) is 6.92 Å². The average molecular weight is 946 g/mol. The summed E-state index contributed by atoms with van der Waals surface area (Å²) in [5.74, 6) is -0.685. The van der Waals surface area contributed by atoms with Crippen molar-refractivity contribution >= 4 is 49.1 Å². The van der Waals surface area contributed by atoms with Gasteiger partial charge in [0.2, 0.25) is 0 Å². The number of allylic oxidation sites excluding steroid dienone is 2. The number of methoxy groups -OCH3 is 1. The van der Waals surface area contributed by atoms with Crippen LogP contribution in [0, 0.1) is 5.92 Å². The van der Waals surface area contributed by atoms with Crippen molar-refractivity contribution < 1.29 is 27.9 Å². The van der Waals surface area contributed by atoms with Crippen molar-refractivity contribution in [2.75, 3.05) is 20.5 Å². The molecule has 10 heteroatoms. The zero-order valence-electron chi connectivity index (χ0n) is 40.5. The van der Waals surface area contributed by atoms with Gasteiger partial charge in [-0.05, 0) is 31.1 Å². The van der Waals surface area contributed by atoms with Gasteiger partial charge < -0.3 is 4.74 Å². The Morgan fingerprint density at radius 3 is 1.70 bits per heavy atom. The summed E-state index contributed by atoms with van der Waals surface area (Å²) < 4.78 is 39.0. The zero-order valence-corrected chi connectivity index (χ0v) is 46.4. The van der Waals surface area contributed by atoms with Gasteiger partial charge in [-0.15, -0.1) is 0 Å². The Balaban J connectivity index is 6.75. The summed E-state index contributed by atoms with van der Waals surface area (Å²) >= 11 is -2.50. The molecule has 0 saturated carbocycles. The number of hydrogen-bond acceptors (Lipinski definition) is 6. The second-order valence-corrected chi connectivity index (χ2v) is 49.1. The molecule has 0 aromatic carbocycles. The van der Waals surface area contributed by atoms with Gasteiger partial charge in [0, 0.05) is 14.7 Å². The first kappa shape index (κ1) is 56.0. The van der Waals surface area contributed by atoms with Gasteiger partial charge in [-0.2, -0.15) is 0 Å². The molecule has 0 aliphatic heterocycles. The van der Waals surface area contributed by atoms with Crippen molar-refractivity contribution in [3.8, 4) is 0 Å². The molecule has 0 aliphatic carbocycles. The normalized spacial score (nSPS) is 16.4. The number of esters is 1. The van der Waals surface area contributed by atoms with Crippen LogP contribution in [0.3, 0.4) is 0 Å². The molecule has 0 aromatic heterocycles. The second-order valence-electron chi connectivity index (χ2n) is 21.0. The fourth-order valence-electron chi connectivity index (χ4n) is 6.12. The minimum absolute atomic E-state index is 0.00450. The van der Waals surface area contributed by atoms with Crippen molar-refractivity contribution in [3.63, 3.8) is 0 Å². The van der Waals surface area contributed by atoms with E-state index in [1.165, 1.54) is 64.5 Å². The average Bonchev–Trinajstić information content (AvgIpc) is 3.08. The van der Waals surface area contributed by atoms with Crippen LogP contribution in [0.2, 0.25) is 75.3 Å². The summed E-state index contributed by atoms with van der Waals surface area (Å²) in [6.45, 7) is 42.1. The maximum absolute atomic E-state index is 12.9. The van der Waals surface area contributed by atoms with Crippen molar-refractivity contribution in [3.05, 3.63) is 34.0 Å². The van der Waals surface area contributed by atoms with Crippen LogP contribution in [0.1, 0.15) is 128 Å². The molecule has 0 unspecified atom stereocenters. The van der Waals surface area contributed by atoms with Crippen LogP contribution < -0.4 is 0 Å². The number of ether oxygens (including phenoxy) is 3. The van der Waals surface area contributed by atoms with Gasteiger partial charge in [-0.25, -0.2) is 0 Å². The molecule has 0 rings (SSSR count). The molecule has 0 fully saturated rings. The van der Waals surface area contributed by atoms with Crippen LogP contribution in [0.25, 0.3) is 0 Å². The molecule has 6 nitrogen and oxygen atoms in total. The summed E-state index contributed by atoms with van der Waals surface area (Å²) in [4.78, 5) is 12.9. The third kappa shape index (κ3) is 22.5. The Hall–Kier alpha value is -0.0206. The first-order chi connectivity index (χ1) is 25.7. The predicted molar refractivity (Wildman–Crippen MR) is 255 cm³/mol. The summed E-state index contributed by atoms with van der Waals surface area (Å²) in [6, 6.07) is 1.09.